The van der Waals surface area contributed by atoms with Crippen LogP contribution in [0.2, 0.25) is 0 Å². The first-order chi connectivity index (χ1) is 13.4. The Kier molecular flexibility index (Phi) is 7.89. The van der Waals surface area contributed by atoms with Crippen LogP contribution in [0.5, 0.6) is 0 Å². The van der Waals surface area contributed by atoms with Gasteiger partial charge in [0.2, 0.25) is 0 Å². The first-order valence-corrected chi connectivity index (χ1v) is 9.80. The van der Waals surface area contributed by atoms with Crippen LogP contribution >= 0.6 is 11.8 Å². The van der Waals surface area contributed by atoms with E-state index in [1.54, 1.807) is 38.1 Å². The molecule has 1 heterocycles. The van der Waals surface area contributed by atoms with Crippen LogP contribution in [0.15, 0.2) is 35.5 Å². The molecule has 1 aliphatic heterocycles. The number of amides is 2. The second-order valence-electron chi connectivity index (χ2n) is 5.90. The lowest BCUT2D eigenvalue weighted by molar-refractivity contribution is -0.141. The Morgan fingerprint density at radius 2 is 1.96 bits per heavy atom. The third kappa shape index (κ3) is 6.03. The van der Waals surface area contributed by atoms with Crippen molar-refractivity contribution in [2.75, 3.05) is 18.1 Å². The lowest BCUT2D eigenvalue weighted by atomic mass is 10.1. The first-order valence-electron chi connectivity index (χ1n) is 8.64. The fourth-order valence-corrected chi connectivity index (χ4v) is 3.29. The van der Waals surface area contributed by atoms with Crippen molar-refractivity contribution in [1.82, 2.24) is 10.6 Å². The van der Waals surface area contributed by atoms with E-state index in [1.165, 1.54) is 11.8 Å². The van der Waals surface area contributed by atoms with E-state index < -0.39 is 24.0 Å². The second kappa shape index (κ2) is 10.4. The van der Waals surface area contributed by atoms with E-state index in [9.17, 15) is 14.4 Å². The standard InChI is InChI=1S/C19H21N3O5S/c1-3-26-18(24)17-12(2)21-19(25)22-15(17)10-28-11-16(23)27-9-14-6-4-13(8-20)5-7-14/h4-7,12H,3,9-11H2,1-2H3,(H2,21,22,25). The summed E-state index contributed by atoms with van der Waals surface area (Å²) in [6.45, 7) is 3.74. The fraction of sp³-hybridized carbons (Fsp3) is 0.368. The SMILES string of the molecule is CCOC(=O)C1=C(CSCC(=O)OCc2ccc(C#N)cc2)NC(=O)NC1C. The highest BCUT2D eigenvalue weighted by molar-refractivity contribution is 8.00. The van der Waals surface area contributed by atoms with E-state index in [1.807, 2.05) is 6.07 Å². The maximum absolute atomic E-state index is 12.1. The number of nitriles is 1. The summed E-state index contributed by atoms with van der Waals surface area (Å²) >= 11 is 1.23. The summed E-state index contributed by atoms with van der Waals surface area (Å²) in [5, 5.41) is 14.0. The molecule has 0 spiro atoms. The van der Waals surface area contributed by atoms with Gasteiger partial charge in [0.05, 0.1) is 35.6 Å². The molecule has 1 aromatic rings. The summed E-state index contributed by atoms with van der Waals surface area (Å²) in [7, 11) is 0. The maximum Gasteiger partial charge on any atom is 0.337 e. The Hall–Kier alpha value is -2.99. The molecule has 0 aliphatic carbocycles. The number of ether oxygens (including phenoxy) is 2. The molecule has 0 bridgehead atoms. The summed E-state index contributed by atoms with van der Waals surface area (Å²) in [6, 6.07) is 7.90. The van der Waals surface area contributed by atoms with Crippen LogP contribution in [0.3, 0.4) is 0 Å². The molecule has 0 fully saturated rings. The number of nitrogens with zero attached hydrogens (tertiary/aromatic N) is 1. The van der Waals surface area contributed by atoms with E-state index in [4.69, 9.17) is 14.7 Å². The van der Waals surface area contributed by atoms with Crippen LogP contribution in [-0.4, -0.2) is 42.1 Å². The fourth-order valence-electron chi connectivity index (χ4n) is 2.51. The molecule has 28 heavy (non-hydrogen) atoms. The zero-order valence-electron chi connectivity index (χ0n) is 15.6. The Bertz CT molecular complexity index is 814. The van der Waals surface area contributed by atoms with E-state index in [0.717, 1.165) is 5.56 Å². The van der Waals surface area contributed by atoms with Gasteiger partial charge in [0.25, 0.3) is 0 Å². The van der Waals surface area contributed by atoms with Crippen molar-refractivity contribution in [2.45, 2.75) is 26.5 Å². The molecule has 0 aromatic heterocycles. The smallest absolute Gasteiger partial charge is 0.337 e. The van der Waals surface area contributed by atoms with Gasteiger partial charge in [-0.1, -0.05) is 12.1 Å². The number of hydrogen-bond acceptors (Lipinski definition) is 7. The van der Waals surface area contributed by atoms with Crippen LogP contribution in [0.25, 0.3) is 0 Å². The number of hydrogen-bond donors (Lipinski definition) is 2. The zero-order valence-corrected chi connectivity index (χ0v) is 16.4. The summed E-state index contributed by atoms with van der Waals surface area (Å²) in [5.74, 6) is -0.590. The Labute approximate surface area is 167 Å². The third-order valence-electron chi connectivity index (χ3n) is 3.81. The van der Waals surface area contributed by atoms with Crippen molar-refractivity contribution < 1.29 is 23.9 Å². The van der Waals surface area contributed by atoms with Crippen LogP contribution in [0.4, 0.5) is 4.79 Å². The molecule has 0 saturated heterocycles. The highest BCUT2D eigenvalue weighted by Gasteiger charge is 2.29. The Morgan fingerprint density at radius 3 is 2.61 bits per heavy atom. The largest absolute Gasteiger partial charge is 0.463 e. The van der Waals surface area contributed by atoms with E-state index in [2.05, 4.69) is 10.6 Å². The molecule has 2 N–H and O–H groups in total. The summed E-state index contributed by atoms with van der Waals surface area (Å²) in [6.07, 6.45) is 0. The van der Waals surface area contributed by atoms with Crippen LogP contribution in [0, 0.1) is 11.3 Å². The van der Waals surface area contributed by atoms with Gasteiger partial charge in [-0.3, -0.25) is 4.79 Å². The van der Waals surface area contributed by atoms with Gasteiger partial charge < -0.3 is 20.1 Å². The van der Waals surface area contributed by atoms with E-state index in [0.29, 0.717) is 16.8 Å². The zero-order chi connectivity index (χ0) is 20.5. The predicted molar refractivity (Wildman–Crippen MR) is 103 cm³/mol. The summed E-state index contributed by atoms with van der Waals surface area (Å²) in [4.78, 5) is 35.7. The van der Waals surface area contributed by atoms with Crippen molar-refractivity contribution in [2.24, 2.45) is 0 Å². The molecule has 1 aliphatic rings. The number of urea groups is 1. The average molecular weight is 403 g/mol. The minimum Gasteiger partial charge on any atom is -0.463 e. The van der Waals surface area contributed by atoms with Gasteiger partial charge in [-0.15, -0.1) is 11.8 Å². The minimum atomic E-state index is -0.499. The van der Waals surface area contributed by atoms with Gasteiger partial charge in [-0.05, 0) is 31.5 Å². The van der Waals surface area contributed by atoms with Crippen molar-refractivity contribution in [3.8, 4) is 6.07 Å². The van der Waals surface area contributed by atoms with Crippen molar-refractivity contribution >= 4 is 29.7 Å². The van der Waals surface area contributed by atoms with Crippen molar-refractivity contribution in [3.05, 3.63) is 46.7 Å². The highest BCUT2D eigenvalue weighted by Crippen LogP contribution is 2.18. The number of rotatable bonds is 8. The van der Waals surface area contributed by atoms with Crippen molar-refractivity contribution in [1.29, 1.82) is 5.26 Å². The molecule has 8 nitrogen and oxygen atoms in total. The van der Waals surface area contributed by atoms with Crippen LogP contribution in [0.1, 0.15) is 25.0 Å². The number of carbonyl (C=O) groups is 3. The number of thioether (sulfide) groups is 1. The topological polar surface area (TPSA) is 118 Å². The Balaban J connectivity index is 1.87. The van der Waals surface area contributed by atoms with Gasteiger partial charge in [0.15, 0.2) is 0 Å². The van der Waals surface area contributed by atoms with E-state index in [-0.39, 0.29) is 24.7 Å². The molecule has 2 amide bonds. The molecule has 1 atom stereocenters. The maximum atomic E-state index is 12.1. The second-order valence-corrected chi connectivity index (χ2v) is 6.88. The monoisotopic (exact) mass is 403 g/mol. The molecule has 0 radical (unpaired) electrons. The number of carbonyl (C=O) groups excluding carboxylic acids is 3. The molecular formula is C19H21N3O5S. The molecule has 9 heteroatoms. The molecule has 1 unspecified atom stereocenters. The van der Waals surface area contributed by atoms with Gasteiger partial charge in [-0.25, -0.2) is 9.59 Å². The number of benzene rings is 1. The minimum absolute atomic E-state index is 0.0631. The normalized spacial score (nSPS) is 15.9. The van der Waals surface area contributed by atoms with Gasteiger partial charge in [-0.2, -0.15) is 5.26 Å². The predicted octanol–water partition coefficient (Wildman–Crippen LogP) is 1.85. The molecule has 0 saturated carbocycles. The number of esters is 2. The number of nitrogens with one attached hydrogen (secondary N) is 2. The lowest BCUT2D eigenvalue weighted by Gasteiger charge is -2.26. The Morgan fingerprint density at radius 1 is 1.25 bits per heavy atom. The molecule has 148 valence electrons. The highest BCUT2D eigenvalue weighted by atomic mass is 32.2. The summed E-state index contributed by atoms with van der Waals surface area (Å²) in [5.41, 5.74) is 2.10. The quantitative estimate of drug-likeness (QED) is 0.636. The molecule has 1 aromatic carbocycles. The molecule has 2 rings (SSSR count). The summed E-state index contributed by atoms with van der Waals surface area (Å²) < 4.78 is 10.2. The van der Waals surface area contributed by atoms with Crippen LogP contribution < -0.4 is 10.6 Å². The van der Waals surface area contributed by atoms with Gasteiger partial charge in [0, 0.05) is 11.4 Å². The third-order valence-corrected chi connectivity index (χ3v) is 4.75. The lowest BCUT2D eigenvalue weighted by Crippen LogP contribution is -2.49. The van der Waals surface area contributed by atoms with Gasteiger partial charge >= 0.3 is 18.0 Å². The molecular weight excluding hydrogens is 382 g/mol. The first kappa shape index (κ1) is 21.3. The average Bonchev–Trinajstić information content (AvgIpc) is 2.66. The van der Waals surface area contributed by atoms with E-state index >= 15 is 0 Å². The van der Waals surface area contributed by atoms with Crippen LogP contribution in [-0.2, 0) is 25.7 Å². The van der Waals surface area contributed by atoms with Crippen molar-refractivity contribution in [3.63, 3.8) is 0 Å². The van der Waals surface area contributed by atoms with Gasteiger partial charge in [0.1, 0.15) is 6.61 Å².